The van der Waals surface area contributed by atoms with Crippen LogP contribution in [0.4, 0.5) is 11.4 Å². The third kappa shape index (κ3) is 10.9. The number of aliphatic hydroxyl groups is 1. The summed E-state index contributed by atoms with van der Waals surface area (Å²) in [7, 11) is 0. The van der Waals surface area contributed by atoms with Crippen molar-refractivity contribution in [2.24, 2.45) is 0 Å². The Bertz CT molecular complexity index is 1190. The second-order valence-corrected chi connectivity index (χ2v) is 7.33. The molecular weight excluding hydrogens is 500 g/mol. The molecule has 0 aliphatic carbocycles. The van der Waals surface area contributed by atoms with Crippen molar-refractivity contribution in [3.8, 4) is 0 Å². The number of nitrogens with zero attached hydrogens (tertiary/aromatic N) is 2. The Morgan fingerprint density at radius 3 is 1.89 bits per heavy atom. The molecule has 204 valence electrons. The molecular formula is C26H30N2O10. The molecule has 0 heterocycles. The number of nitro benzene ring substituents is 2. The van der Waals surface area contributed by atoms with Gasteiger partial charge in [0.2, 0.25) is 0 Å². The Labute approximate surface area is 219 Å². The summed E-state index contributed by atoms with van der Waals surface area (Å²) in [6.07, 6.45) is 0.411. The van der Waals surface area contributed by atoms with E-state index < -0.39 is 21.9 Å². The van der Waals surface area contributed by atoms with E-state index in [2.05, 4.69) is 17.9 Å². The maximum absolute atomic E-state index is 11.4. The Morgan fingerprint density at radius 1 is 0.974 bits per heavy atom. The molecule has 0 aliphatic heterocycles. The van der Waals surface area contributed by atoms with Gasteiger partial charge in [-0.3, -0.25) is 25.0 Å². The summed E-state index contributed by atoms with van der Waals surface area (Å²) in [5, 5.41) is 31.2. The first-order valence-corrected chi connectivity index (χ1v) is 11.1. The summed E-state index contributed by atoms with van der Waals surface area (Å²) in [5.74, 6) is -1.08. The Balaban J connectivity index is 0.000000612. The third-order valence-electron chi connectivity index (χ3n) is 4.63. The van der Waals surface area contributed by atoms with E-state index in [4.69, 9.17) is 4.74 Å². The van der Waals surface area contributed by atoms with Crippen LogP contribution >= 0.6 is 0 Å². The molecule has 0 amide bonds. The van der Waals surface area contributed by atoms with Gasteiger partial charge in [-0.15, -0.1) is 0 Å². The molecule has 1 N–H and O–H groups in total. The van der Waals surface area contributed by atoms with Gasteiger partial charge < -0.3 is 14.6 Å². The molecule has 0 saturated heterocycles. The molecule has 1 atom stereocenters. The van der Waals surface area contributed by atoms with Gasteiger partial charge in [0.25, 0.3) is 11.4 Å². The predicted molar refractivity (Wildman–Crippen MR) is 139 cm³/mol. The summed E-state index contributed by atoms with van der Waals surface area (Å²) in [6.45, 7) is 13.9. The Hall–Kier alpha value is -4.71. The number of esters is 2. The zero-order chi connectivity index (χ0) is 29.4. The highest BCUT2D eigenvalue weighted by atomic mass is 16.6. The number of nitro groups is 2. The van der Waals surface area contributed by atoms with Gasteiger partial charge in [0.1, 0.15) is 12.4 Å². The Kier molecular flexibility index (Phi) is 14.8. The highest BCUT2D eigenvalue weighted by Crippen LogP contribution is 2.27. The number of carbonyl (C=O) groups excluding carboxylic acids is 3. The average Bonchev–Trinajstić information content (AvgIpc) is 2.89. The van der Waals surface area contributed by atoms with Crippen molar-refractivity contribution in [1.82, 2.24) is 0 Å². The molecule has 12 heteroatoms. The maximum Gasteiger partial charge on any atom is 0.336 e. The molecule has 0 bridgehead atoms. The molecule has 0 radical (unpaired) electrons. The van der Waals surface area contributed by atoms with Crippen molar-refractivity contribution in [3.63, 3.8) is 0 Å². The minimum atomic E-state index is -1.32. The van der Waals surface area contributed by atoms with Crippen LogP contribution in [0.15, 0.2) is 61.2 Å². The average molecular weight is 531 g/mol. The lowest BCUT2D eigenvalue weighted by Crippen LogP contribution is -2.14. The van der Waals surface area contributed by atoms with Crippen LogP contribution in [-0.2, 0) is 19.1 Å². The Morgan fingerprint density at radius 2 is 1.47 bits per heavy atom. The highest BCUT2D eigenvalue weighted by Gasteiger charge is 2.22. The fraction of sp³-hybridized carbons (Fsp3) is 0.269. The number of benzene rings is 2. The minimum Gasteiger partial charge on any atom is -0.463 e. The highest BCUT2D eigenvalue weighted by molar-refractivity contribution is 5.89. The van der Waals surface area contributed by atoms with Crippen molar-refractivity contribution in [3.05, 3.63) is 104 Å². The van der Waals surface area contributed by atoms with Crippen LogP contribution in [-0.4, -0.2) is 46.4 Å². The molecule has 12 nitrogen and oxygen atoms in total. The zero-order valence-electron chi connectivity index (χ0n) is 21.5. The lowest BCUT2D eigenvalue weighted by atomic mass is 10.0. The molecule has 2 aromatic rings. The predicted octanol–water partition coefficient (Wildman–Crippen LogP) is 4.51. The molecule has 0 aliphatic rings. The van der Waals surface area contributed by atoms with Gasteiger partial charge in [-0.1, -0.05) is 37.4 Å². The number of aryl methyl sites for hydroxylation is 2. The zero-order valence-corrected chi connectivity index (χ0v) is 21.5. The van der Waals surface area contributed by atoms with Crippen molar-refractivity contribution >= 4 is 29.6 Å². The second kappa shape index (κ2) is 16.9. The molecule has 0 saturated carbocycles. The van der Waals surface area contributed by atoms with E-state index in [0.717, 1.165) is 6.08 Å². The van der Waals surface area contributed by atoms with E-state index in [-0.39, 0.29) is 35.1 Å². The van der Waals surface area contributed by atoms with Crippen LogP contribution in [0, 0.1) is 34.1 Å². The number of aliphatic hydroxyl groups excluding tert-OH is 1. The van der Waals surface area contributed by atoms with Gasteiger partial charge in [-0.2, -0.15) is 0 Å². The first-order valence-electron chi connectivity index (χ1n) is 11.1. The van der Waals surface area contributed by atoms with Crippen LogP contribution in [0.1, 0.15) is 47.0 Å². The van der Waals surface area contributed by atoms with Gasteiger partial charge in [0.15, 0.2) is 0 Å². The summed E-state index contributed by atoms with van der Waals surface area (Å²) < 4.78 is 9.15. The fourth-order valence-electron chi connectivity index (χ4n) is 2.63. The first-order chi connectivity index (χ1) is 17.8. The summed E-state index contributed by atoms with van der Waals surface area (Å²) >= 11 is 0. The van der Waals surface area contributed by atoms with Crippen LogP contribution in [0.2, 0.25) is 0 Å². The van der Waals surface area contributed by atoms with Crippen LogP contribution in [0.3, 0.4) is 0 Å². The normalized spacial score (nSPS) is 10.2. The van der Waals surface area contributed by atoms with Crippen LogP contribution in [0.5, 0.6) is 0 Å². The van der Waals surface area contributed by atoms with E-state index >= 15 is 0 Å². The topological polar surface area (TPSA) is 176 Å². The van der Waals surface area contributed by atoms with Crippen molar-refractivity contribution in [2.45, 2.75) is 33.8 Å². The number of carbonyl (C=O) groups is 3. The maximum atomic E-state index is 11.4. The van der Waals surface area contributed by atoms with E-state index in [1.165, 1.54) is 24.3 Å². The largest absolute Gasteiger partial charge is 0.463 e. The molecule has 1 unspecified atom stereocenters. The molecule has 2 rings (SSSR count). The lowest BCUT2D eigenvalue weighted by molar-refractivity contribution is -0.385. The van der Waals surface area contributed by atoms with Crippen molar-refractivity contribution < 1.29 is 38.8 Å². The standard InChI is InChI=1S/C13H15NO5.C8H7NO3.C5H8O2/c1-4-19-13(16)9(3)12(15)10-6-5-8(2)11(7-10)14(17)18;1-6-2-3-7(5-10)4-8(6)9(11)12;1-3-5(6)7-4-2/h5-7,12,15H,3-4H2,1-2H3;2-5H,1H3;3H,1,4H2,2H3. The van der Waals surface area contributed by atoms with Gasteiger partial charge in [0.05, 0.1) is 28.6 Å². The lowest BCUT2D eigenvalue weighted by Gasteiger charge is -2.13. The summed E-state index contributed by atoms with van der Waals surface area (Å²) in [4.78, 5) is 51.9. The van der Waals surface area contributed by atoms with E-state index in [9.17, 15) is 39.7 Å². The molecule has 38 heavy (non-hydrogen) atoms. The quantitative estimate of drug-likeness (QED) is 0.159. The van der Waals surface area contributed by atoms with Gasteiger partial charge in [-0.05, 0) is 33.3 Å². The summed E-state index contributed by atoms with van der Waals surface area (Å²) in [5.41, 5.74) is 1.31. The first kappa shape index (κ1) is 33.3. The van der Waals surface area contributed by atoms with Gasteiger partial charge in [0, 0.05) is 34.9 Å². The summed E-state index contributed by atoms with van der Waals surface area (Å²) in [6, 6.07) is 8.62. The smallest absolute Gasteiger partial charge is 0.336 e. The number of hydrogen-bond acceptors (Lipinski definition) is 10. The van der Waals surface area contributed by atoms with Crippen LogP contribution < -0.4 is 0 Å². The fourth-order valence-corrected chi connectivity index (χ4v) is 2.63. The SMILES string of the molecule is C=C(C(=O)OCC)C(O)c1ccc(C)c([N+](=O)[O-])c1.C=CC(=O)OCC.Cc1ccc(C=O)cc1[N+](=O)[O-]. The third-order valence-corrected chi connectivity index (χ3v) is 4.63. The van der Waals surface area contributed by atoms with Crippen molar-refractivity contribution in [1.29, 1.82) is 0 Å². The number of ether oxygens (including phenoxy) is 2. The number of hydrogen-bond donors (Lipinski definition) is 1. The molecule has 0 aromatic heterocycles. The molecule has 0 fully saturated rings. The van der Waals surface area contributed by atoms with Crippen molar-refractivity contribution in [2.75, 3.05) is 13.2 Å². The number of rotatable bonds is 9. The van der Waals surface area contributed by atoms with Gasteiger partial charge >= 0.3 is 11.9 Å². The van der Waals surface area contributed by atoms with E-state index in [1.54, 1.807) is 39.8 Å². The van der Waals surface area contributed by atoms with Crippen LogP contribution in [0.25, 0.3) is 0 Å². The van der Waals surface area contributed by atoms with Gasteiger partial charge in [-0.25, -0.2) is 9.59 Å². The molecule has 0 spiro atoms. The minimum absolute atomic E-state index is 0.0143. The molecule has 2 aromatic carbocycles. The van der Waals surface area contributed by atoms with E-state index in [0.29, 0.717) is 29.6 Å². The second-order valence-electron chi connectivity index (χ2n) is 7.33. The van der Waals surface area contributed by atoms with E-state index in [1.807, 2.05) is 0 Å². The number of aldehydes is 1. The monoisotopic (exact) mass is 530 g/mol.